The van der Waals surface area contributed by atoms with E-state index in [-0.39, 0.29) is 0 Å². The van der Waals surface area contributed by atoms with E-state index in [0.29, 0.717) is 12.0 Å². The van der Waals surface area contributed by atoms with Crippen LogP contribution in [0.15, 0.2) is 4.47 Å². The molecule has 0 amide bonds. The fourth-order valence-electron chi connectivity index (χ4n) is 3.08. The molecule has 0 bridgehead atoms. The maximum Gasteiger partial charge on any atom is 0.0739 e. The molecule has 0 spiro atoms. The zero-order valence-electron chi connectivity index (χ0n) is 11.5. The lowest BCUT2D eigenvalue weighted by Gasteiger charge is -2.29. The Morgan fingerprint density at radius 2 is 2.22 bits per heavy atom. The highest BCUT2D eigenvalue weighted by atomic mass is 79.9. The summed E-state index contributed by atoms with van der Waals surface area (Å²) < 4.78 is 3.11. The van der Waals surface area contributed by atoms with Gasteiger partial charge in [-0.25, -0.2) is 0 Å². The maximum absolute atomic E-state index is 5.87. The molecule has 5 heteroatoms. The Kier molecular flexibility index (Phi) is 4.45. The van der Waals surface area contributed by atoms with E-state index in [2.05, 4.69) is 33.0 Å². The van der Waals surface area contributed by atoms with Crippen LogP contribution in [0.3, 0.4) is 0 Å². The predicted octanol–water partition coefficient (Wildman–Crippen LogP) is 2.05. The van der Waals surface area contributed by atoms with E-state index in [1.54, 1.807) is 0 Å². The summed E-state index contributed by atoms with van der Waals surface area (Å²) in [5, 5.41) is 4.45. The second-order valence-corrected chi connectivity index (χ2v) is 6.17. The summed E-state index contributed by atoms with van der Waals surface area (Å²) in [5.41, 5.74) is 8.17. The first-order chi connectivity index (χ1) is 8.54. The van der Waals surface area contributed by atoms with Crippen molar-refractivity contribution in [3.8, 4) is 0 Å². The largest absolute Gasteiger partial charge is 0.330 e. The van der Waals surface area contributed by atoms with Crippen molar-refractivity contribution in [1.82, 2.24) is 14.7 Å². The molecule has 1 aliphatic rings. The number of rotatable bonds is 4. The van der Waals surface area contributed by atoms with Gasteiger partial charge in [-0.15, -0.1) is 0 Å². The highest BCUT2D eigenvalue weighted by Crippen LogP contribution is 2.30. The van der Waals surface area contributed by atoms with E-state index >= 15 is 0 Å². The van der Waals surface area contributed by atoms with Gasteiger partial charge < -0.3 is 5.73 Å². The van der Waals surface area contributed by atoms with E-state index in [1.165, 1.54) is 25.0 Å². The average molecular weight is 315 g/mol. The Bertz CT molecular complexity index is 415. The van der Waals surface area contributed by atoms with Gasteiger partial charge in [0.2, 0.25) is 0 Å². The highest BCUT2D eigenvalue weighted by molar-refractivity contribution is 9.10. The normalized spacial score (nSPS) is 24.1. The lowest BCUT2D eigenvalue weighted by Crippen LogP contribution is -2.37. The Morgan fingerprint density at radius 1 is 1.50 bits per heavy atom. The van der Waals surface area contributed by atoms with Gasteiger partial charge >= 0.3 is 0 Å². The molecule has 2 atom stereocenters. The average Bonchev–Trinajstić information content (AvgIpc) is 2.90. The molecule has 2 unspecified atom stereocenters. The lowest BCUT2D eigenvalue weighted by atomic mass is 10.0. The van der Waals surface area contributed by atoms with Gasteiger partial charge in [0.05, 0.1) is 15.9 Å². The van der Waals surface area contributed by atoms with Crippen molar-refractivity contribution in [1.29, 1.82) is 0 Å². The number of hydrogen-bond acceptors (Lipinski definition) is 3. The Hall–Kier alpha value is -0.390. The predicted molar refractivity (Wildman–Crippen MR) is 77.3 cm³/mol. The van der Waals surface area contributed by atoms with Crippen molar-refractivity contribution >= 4 is 15.9 Å². The van der Waals surface area contributed by atoms with Crippen LogP contribution in [0, 0.1) is 12.8 Å². The van der Waals surface area contributed by atoms with Crippen LogP contribution in [0.5, 0.6) is 0 Å². The molecular formula is C13H23BrN4. The third-order valence-corrected chi connectivity index (χ3v) is 5.18. The number of nitrogens with two attached hydrogens (primary N) is 1. The molecule has 1 heterocycles. The van der Waals surface area contributed by atoms with Crippen LogP contribution in [-0.2, 0) is 13.6 Å². The van der Waals surface area contributed by atoms with Crippen LogP contribution in [0.1, 0.15) is 30.7 Å². The third-order valence-electron chi connectivity index (χ3n) is 4.15. The van der Waals surface area contributed by atoms with Crippen LogP contribution in [0.25, 0.3) is 0 Å². The van der Waals surface area contributed by atoms with Crippen molar-refractivity contribution in [3.63, 3.8) is 0 Å². The zero-order chi connectivity index (χ0) is 13.3. The summed E-state index contributed by atoms with van der Waals surface area (Å²) in [6.07, 6.45) is 3.85. The minimum absolute atomic E-state index is 0.622. The van der Waals surface area contributed by atoms with Crippen molar-refractivity contribution in [3.05, 3.63) is 15.9 Å². The molecular weight excluding hydrogens is 292 g/mol. The van der Waals surface area contributed by atoms with Gasteiger partial charge in [0.1, 0.15) is 0 Å². The van der Waals surface area contributed by atoms with E-state index in [0.717, 1.165) is 23.3 Å². The van der Waals surface area contributed by atoms with E-state index < -0.39 is 0 Å². The maximum atomic E-state index is 5.87. The molecule has 18 heavy (non-hydrogen) atoms. The molecule has 2 rings (SSSR count). The van der Waals surface area contributed by atoms with Gasteiger partial charge in [0.25, 0.3) is 0 Å². The standard InChI is InChI=1S/C13H23BrN4/c1-9-13(14)12(18(3)16-9)8-17(2)11-6-4-5-10(11)7-15/h10-11H,4-8,15H2,1-3H3. The first kappa shape index (κ1) is 14.0. The summed E-state index contributed by atoms with van der Waals surface area (Å²) in [4.78, 5) is 2.44. The molecule has 4 nitrogen and oxygen atoms in total. The molecule has 2 N–H and O–H groups in total. The Balaban J connectivity index is 2.09. The summed E-state index contributed by atoms with van der Waals surface area (Å²) in [6, 6.07) is 0.622. The van der Waals surface area contributed by atoms with E-state index in [9.17, 15) is 0 Å². The number of halogens is 1. The molecule has 0 radical (unpaired) electrons. The molecule has 1 saturated carbocycles. The van der Waals surface area contributed by atoms with Crippen LogP contribution in [0.2, 0.25) is 0 Å². The molecule has 0 aliphatic heterocycles. The van der Waals surface area contributed by atoms with Crippen LogP contribution >= 0.6 is 15.9 Å². The fraction of sp³-hybridized carbons (Fsp3) is 0.769. The van der Waals surface area contributed by atoms with Gasteiger partial charge in [-0.1, -0.05) is 6.42 Å². The van der Waals surface area contributed by atoms with Crippen LogP contribution < -0.4 is 5.73 Å². The SMILES string of the molecule is Cc1nn(C)c(CN(C)C2CCCC2CN)c1Br. The van der Waals surface area contributed by atoms with Crippen LogP contribution in [-0.4, -0.2) is 34.3 Å². The Labute approximate surface area is 118 Å². The van der Waals surface area contributed by atoms with Crippen molar-refractivity contribution in [2.75, 3.05) is 13.6 Å². The van der Waals surface area contributed by atoms with Crippen molar-refractivity contribution in [2.24, 2.45) is 18.7 Å². The van der Waals surface area contributed by atoms with Crippen molar-refractivity contribution in [2.45, 2.75) is 38.8 Å². The third kappa shape index (κ3) is 2.63. The van der Waals surface area contributed by atoms with Gasteiger partial charge in [-0.2, -0.15) is 5.10 Å². The lowest BCUT2D eigenvalue weighted by molar-refractivity contribution is 0.188. The zero-order valence-corrected chi connectivity index (χ0v) is 13.1. The van der Waals surface area contributed by atoms with Gasteiger partial charge in [0.15, 0.2) is 0 Å². The molecule has 1 aromatic rings. The van der Waals surface area contributed by atoms with Crippen molar-refractivity contribution < 1.29 is 0 Å². The first-order valence-electron chi connectivity index (χ1n) is 6.62. The summed E-state index contributed by atoms with van der Waals surface area (Å²) in [6.45, 7) is 3.77. The van der Waals surface area contributed by atoms with E-state index in [4.69, 9.17) is 5.73 Å². The smallest absolute Gasteiger partial charge is 0.0739 e. The minimum atomic E-state index is 0.622. The highest BCUT2D eigenvalue weighted by Gasteiger charge is 2.30. The van der Waals surface area contributed by atoms with E-state index in [1.807, 2.05) is 18.7 Å². The quantitative estimate of drug-likeness (QED) is 0.925. The topological polar surface area (TPSA) is 47.1 Å². The molecule has 0 saturated heterocycles. The second kappa shape index (κ2) is 5.72. The summed E-state index contributed by atoms with van der Waals surface area (Å²) in [7, 11) is 4.21. The molecule has 1 fully saturated rings. The number of aromatic nitrogens is 2. The molecule has 1 aliphatic carbocycles. The Morgan fingerprint density at radius 3 is 2.78 bits per heavy atom. The second-order valence-electron chi connectivity index (χ2n) is 5.38. The first-order valence-corrected chi connectivity index (χ1v) is 7.42. The van der Waals surface area contributed by atoms with Gasteiger partial charge in [-0.3, -0.25) is 9.58 Å². The van der Waals surface area contributed by atoms with Gasteiger partial charge in [-0.05, 0) is 55.2 Å². The monoisotopic (exact) mass is 314 g/mol. The summed E-state index contributed by atoms with van der Waals surface area (Å²) in [5.74, 6) is 0.656. The summed E-state index contributed by atoms with van der Waals surface area (Å²) >= 11 is 3.64. The number of hydrogen-bond donors (Lipinski definition) is 1. The number of nitrogens with zero attached hydrogens (tertiary/aromatic N) is 3. The molecule has 1 aromatic heterocycles. The van der Waals surface area contributed by atoms with Gasteiger partial charge in [0, 0.05) is 19.6 Å². The minimum Gasteiger partial charge on any atom is -0.330 e. The number of aryl methyl sites for hydroxylation is 2. The van der Waals surface area contributed by atoms with Crippen LogP contribution in [0.4, 0.5) is 0 Å². The molecule has 0 aromatic carbocycles. The fourth-order valence-corrected chi connectivity index (χ4v) is 3.54. The molecule has 102 valence electrons.